The molecule has 0 unspecified atom stereocenters. The van der Waals surface area contributed by atoms with Crippen molar-refractivity contribution >= 4 is 0 Å². The summed E-state index contributed by atoms with van der Waals surface area (Å²) in [5.41, 5.74) is 3.27. The summed E-state index contributed by atoms with van der Waals surface area (Å²) in [5, 5.41) is 0. The lowest BCUT2D eigenvalue weighted by Crippen LogP contribution is -2.38. The van der Waals surface area contributed by atoms with Crippen LogP contribution < -0.4 is 4.74 Å². The smallest absolute Gasteiger partial charge is 0.165 e. The third-order valence-electron chi connectivity index (χ3n) is 6.88. The topological polar surface area (TPSA) is 27.7 Å². The molecule has 1 heterocycles. The number of hydrogen-bond acceptors (Lipinski definition) is 3. The van der Waals surface area contributed by atoms with Crippen LogP contribution in [0.2, 0.25) is 0 Å². The van der Waals surface area contributed by atoms with Crippen LogP contribution >= 0.6 is 0 Å². The summed E-state index contributed by atoms with van der Waals surface area (Å²) in [7, 11) is 0. The number of ether oxygens (including phenoxy) is 3. The van der Waals surface area contributed by atoms with Crippen LogP contribution in [0.3, 0.4) is 0 Å². The van der Waals surface area contributed by atoms with Gasteiger partial charge in [0, 0.05) is 11.8 Å². The lowest BCUT2D eigenvalue weighted by molar-refractivity contribution is -0.229. The lowest BCUT2D eigenvalue weighted by Gasteiger charge is -2.37. The van der Waals surface area contributed by atoms with E-state index in [1.165, 1.54) is 5.56 Å². The average Bonchev–Trinajstić information content (AvgIpc) is 2.85. The molecule has 2 aliphatic rings. The van der Waals surface area contributed by atoms with Gasteiger partial charge in [-0.25, -0.2) is 4.39 Å². The SMILES string of the molecule is C=CCCC1COC(C2CCC(c3ccc(-c4ccc(OCC)c(F)c4)cc3)CC2)OC1. The molecule has 0 aromatic heterocycles. The summed E-state index contributed by atoms with van der Waals surface area (Å²) in [6, 6.07) is 13.8. The first kappa shape index (κ1) is 23.0. The van der Waals surface area contributed by atoms with Gasteiger partial charge < -0.3 is 14.2 Å². The minimum absolute atomic E-state index is 0.0344. The van der Waals surface area contributed by atoms with Gasteiger partial charge in [0.1, 0.15) is 0 Å². The van der Waals surface area contributed by atoms with E-state index in [1.54, 1.807) is 12.1 Å². The van der Waals surface area contributed by atoms with Gasteiger partial charge in [0.25, 0.3) is 0 Å². The Bertz CT molecular complexity index is 863. The summed E-state index contributed by atoms with van der Waals surface area (Å²) < 4.78 is 31.7. The molecule has 0 bridgehead atoms. The van der Waals surface area contributed by atoms with Gasteiger partial charge in [-0.15, -0.1) is 6.58 Å². The summed E-state index contributed by atoms with van der Waals surface area (Å²) in [6.07, 6.45) is 8.65. The van der Waals surface area contributed by atoms with Gasteiger partial charge in [-0.3, -0.25) is 0 Å². The fourth-order valence-corrected chi connectivity index (χ4v) is 4.98. The Hall–Kier alpha value is -2.17. The Morgan fingerprint density at radius 3 is 2.31 bits per heavy atom. The van der Waals surface area contributed by atoms with Crippen LogP contribution in [0.1, 0.15) is 56.9 Å². The van der Waals surface area contributed by atoms with Crippen molar-refractivity contribution in [3.05, 3.63) is 66.5 Å². The molecule has 3 nitrogen and oxygen atoms in total. The van der Waals surface area contributed by atoms with Crippen molar-refractivity contribution in [2.24, 2.45) is 11.8 Å². The van der Waals surface area contributed by atoms with Crippen molar-refractivity contribution in [1.82, 2.24) is 0 Å². The molecule has 1 aliphatic carbocycles. The van der Waals surface area contributed by atoms with Crippen molar-refractivity contribution in [3.63, 3.8) is 0 Å². The van der Waals surface area contributed by atoms with Gasteiger partial charge in [0.15, 0.2) is 17.9 Å². The summed E-state index contributed by atoms with van der Waals surface area (Å²) in [6.45, 7) is 7.74. The standard InChI is InChI=1S/C28H35FO3/c1-3-5-6-20-18-31-28(32-19-20)24-13-11-22(12-14-24)21-7-9-23(10-8-21)25-15-16-27(30-4-2)26(29)17-25/h3,7-10,15-17,20,22,24,28H,1,4-6,11-14,18-19H2,2H3. The molecule has 2 aromatic carbocycles. The Morgan fingerprint density at radius 1 is 1.00 bits per heavy atom. The molecule has 4 rings (SSSR count). The molecule has 32 heavy (non-hydrogen) atoms. The fraction of sp³-hybridized carbons (Fsp3) is 0.500. The highest BCUT2D eigenvalue weighted by molar-refractivity contribution is 5.64. The summed E-state index contributed by atoms with van der Waals surface area (Å²) in [5.74, 6) is 1.57. The molecule has 0 amide bonds. The van der Waals surface area contributed by atoms with E-state index in [2.05, 4.69) is 30.8 Å². The molecule has 2 fully saturated rings. The van der Waals surface area contributed by atoms with Crippen LogP contribution in [0.4, 0.5) is 4.39 Å². The largest absolute Gasteiger partial charge is 0.491 e. The van der Waals surface area contributed by atoms with Crippen molar-refractivity contribution in [3.8, 4) is 16.9 Å². The zero-order valence-corrected chi connectivity index (χ0v) is 19.1. The van der Waals surface area contributed by atoms with Crippen LogP contribution in [0.25, 0.3) is 11.1 Å². The predicted molar refractivity (Wildman–Crippen MR) is 126 cm³/mol. The molecular formula is C28H35FO3. The van der Waals surface area contributed by atoms with Gasteiger partial charge in [-0.2, -0.15) is 0 Å². The molecular weight excluding hydrogens is 403 g/mol. The van der Waals surface area contributed by atoms with Crippen molar-refractivity contribution < 1.29 is 18.6 Å². The van der Waals surface area contributed by atoms with Gasteiger partial charge in [0.05, 0.1) is 19.8 Å². The maximum atomic E-state index is 14.2. The maximum Gasteiger partial charge on any atom is 0.165 e. The van der Waals surface area contributed by atoms with E-state index in [0.29, 0.717) is 30.1 Å². The molecule has 0 radical (unpaired) electrons. The summed E-state index contributed by atoms with van der Waals surface area (Å²) >= 11 is 0. The van der Waals surface area contributed by atoms with Crippen LogP contribution in [0, 0.1) is 17.7 Å². The third kappa shape index (κ3) is 5.60. The Morgan fingerprint density at radius 2 is 1.69 bits per heavy atom. The van der Waals surface area contributed by atoms with Crippen LogP contribution in [0.15, 0.2) is 55.1 Å². The van der Waals surface area contributed by atoms with E-state index in [-0.39, 0.29) is 12.1 Å². The highest BCUT2D eigenvalue weighted by Crippen LogP contribution is 2.39. The first-order valence-electron chi connectivity index (χ1n) is 12.0. The minimum atomic E-state index is -0.314. The number of allylic oxidation sites excluding steroid dienone is 1. The lowest BCUT2D eigenvalue weighted by atomic mass is 9.78. The second kappa shape index (κ2) is 11.1. The van der Waals surface area contributed by atoms with E-state index >= 15 is 0 Å². The zero-order chi connectivity index (χ0) is 22.3. The van der Waals surface area contributed by atoms with Crippen LogP contribution in [-0.4, -0.2) is 26.1 Å². The second-order valence-electron chi connectivity index (χ2n) is 9.08. The molecule has 1 saturated carbocycles. The van der Waals surface area contributed by atoms with Gasteiger partial charge in [0.2, 0.25) is 0 Å². The van der Waals surface area contributed by atoms with Crippen molar-refractivity contribution in [2.75, 3.05) is 19.8 Å². The van der Waals surface area contributed by atoms with E-state index in [0.717, 1.165) is 62.9 Å². The zero-order valence-electron chi connectivity index (χ0n) is 19.1. The van der Waals surface area contributed by atoms with Crippen LogP contribution in [-0.2, 0) is 9.47 Å². The Kier molecular flexibility index (Phi) is 7.99. The Balaban J connectivity index is 1.29. The second-order valence-corrected chi connectivity index (χ2v) is 9.08. The number of halogens is 1. The van der Waals surface area contributed by atoms with E-state index < -0.39 is 0 Å². The minimum Gasteiger partial charge on any atom is -0.491 e. The molecule has 0 N–H and O–H groups in total. The fourth-order valence-electron chi connectivity index (χ4n) is 4.98. The van der Waals surface area contributed by atoms with Gasteiger partial charge >= 0.3 is 0 Å². The van der Waals surface area contributed by atoms with Gasteiger partial charge in [-0.1, -0.05) is 36.4 Å². The number of hydrogen-bond donors (Lipinski definition) is 0. The maximum absolute atomic E-state index is 14.2. The highest BCUT2D eigenvalue weighted by Gasteiger charge is 2.32. The first-order chi connectivity index (χ1) is 15.7. The molecule has 2 aromatic rings. The van der Waals surface area contributed by atoms with Crippen LogP contribution in [0.5, 0.6) is 5.75 Å². The van der Waals surface area contributed by atoms with E-state index in [4.69, 9.17) is 14.2 Å². The summed E-state index contributed by atoms with van der Waals surface area (Å²) in [4.78, 5) is 0. The average molecular weight is 439 g/mol. The highest BCUT2D eigenvalue weighted by atomic mass is 19.1. The normalized spacial score (nSPS) is 25.9. The first-order valence-corrected chi connectivity index (χ1v) is 12.0. The number of benzene rings is 2. The molecule has 4 heteroatoms. The van der Waals surface area contributed by atoms with Crippen molar-refractivity contribution in [1.29, 1.82) is 0 Å². The Labute approximate surface area is 191 Å². The third-order valence-corrected chi connectivity index (χ3v) is 6.88. The molecule has 172 valence electrons. The predicted octanol–water partition coefficient (Wildman–Crippen LogP) is 7.12. The molecule has 1 aliphatic heterocycles. The quantitative estimate of drug-likeness (QED) is 0.411. The van der Waals surface area contributed by atoms with Crippen molar-refractivity contribution in [2.45, 2.75) is 57.7 Å². The molecule has 1 saturated heterocycles. The van der Waals surface area contributed by atoms with Gasteiger partial charge in [-0.05, 0) is 80.2 Å². The molecule has 0 atom stereocenters. The molecule has 0 spiro atoms. The van der Waals surface area contributed by atoms with E-state index in [9.17, 15) is 4.39 Å². The monoisotopic (exact) mass is 438 g/mol. The van der Waals surface area contributed by atoms with E-state index in [1.807, 2.05) is 19.1 Å². The number of rotatable bonds is 8.